The van der Waals surface area contributed by atoms with Crippen molar-refractivity contribution in [2.75, 3.05) is 17.2 Å². The summed E-state index contributed by atoms with van der Waals surface area (Å²) in [7, 11) is 0. The number of fused-ring (bicyclic) bond motifs is 2. The van der Waals surface area contributed by atoms with Gasteiger partial charge in [0.25, 0.3) is 0 Å². The van der Waals surface area contributed by atoms with Gasteiger partial charge in [-0.15, -0.1) is 0 Å². The van der Waals surface area contributed by atoms with Crippen molar-refractivity contribution in [3.05, 3.63) is 82.9 Å². The molecule has 0 spiro atoms. The molecule has 0 saturated heterocycles. The summed E-state index contributed by atoms with van der Waals surface area (Å²) in [4.78, 5) is 9.24. The van der Waals surface area contributed by atoms with Gasteiger partial charge in [-0.05, 0) is 61.9 Å². The van der Waals surface area contributed by atoms with Crippen LogP contribution in [0.3, 0.4) is 0 Å². The zero-order chi connectivity index (χ0) is 30.1. The smallest absolute Gasteiger partial charge is 0.103 e. The highest BCUT2D eigenvalue weighted by molar-refractivity contribution is 5.99. The summed E-state index contributed by atoms with van der Waals surface area (Å²) < 4.78 is 0. The molecule has 1 aliphatic carbocycles. The third-order valence-corrected chi connectivity index (χ3v) is 7.59. The highest BCUT2D eigenvalue weighted by atomic mass is 15.2. The molecule has 9 nitrogen and oxygen atoms in total. The van der Waals surface area contributed by atoms with E-state index in [4.69, 9.17) is 10.8 Å². The minimum atomic E-state index is -0.417. The molecule has 0 bridgehead atoms. The number of hydrogen-bond donors (Lipinski definition) is 5. The summed E-state index contributed by atoms with van der Waals surface area (Å²) in [5.41, 5.74) is 9.17. The van der Waals surface area contributed by atoms with Crippen LogP contribution < -0.4 is 27.2 Å². The van der Waals surface area contributed by atoms with Crippen molar-refractivity contribution in [2.45, 2.75) is 59.0 Å². The van der Waals surface area contributed by atoms with Crippen LogP contribution in [-0.2, 0) is 0 Å². The van der Waals surface area contributed by atoms with Crippen molar-refractivity contribution in [1.82, 2.24) is 20.7 Å². The molecule has 2 aromatic carbocycles. The van der Waals surface area contributed by atoms with Crippen LogP contribution >= 0.6 is 0 Å². The van der Waals surface area contributed by atoms with Crippen LogP contribution in [0.5, 0.6) is 0 Å². The van der Waals surface area contributed by atoms with Crippen LogP contribution in [0.2, 0.25) is 0 Å². The Morgan fingerprint density at radius 2 is 1.86 bits per heavy atom. The standard InChI is InChI=1S/C33H37N9/c1-20-9-10-24-25(7-6-8-27(24)40-20)31(28(42-36)18-39-33(5)11-12-33)41-23-13-21(15-34)29-26(14-23)30(22(16-35)17-37-29)38-19-32(2,3)4/h6-10,13-14,17-18,31,39,41-42H,11-12,19,36H2,1-5H3,(H,37,38)/b28-18-/t31-/m0/s1. The maximum atomic E-state index is 10.1. The second-order valence-corrected chi connectivity index (χ2v) is 12.5. The van der Waals surface area contributed by atoms with Crippen molar-refractivity contribution in [3.8, 4) is 12.1 Å². The third-order valence-electron chi connectivity index (χ3n) is 7.59. The summed E-state index contributed by atoms with van der Waals surface area (Å²) >= 11 is 0. The molecular formula is C33H37N9. The Morgan fingerprint density at radius 1 is 1.10 bits per heavy atom. The number of aromatic nitrogens is 2. The molecule has 214 valence electrons. The average Bonchev–Trinajstić information content (AvgIpc) is 3.70. The van der Waals surface area contributed by atoms with E-state index in [0.717, 1.165) is 40.7 Å². The van der Waals surface area contributed by atoms with E-state index < -0.39 is 6.04 Å². The lowest BCUT2D eigenvalue weighted by Gasteiger charge is -2.26. The fraction of sp³-hybridized carbons (Fsp3) is 0.333. The maximum absolute atomic E-state index is 10.1. The summed E-state index contributed by atoms with van der Waals surface area (Å²) in [6, 6.07) is 18.0. The predicted molar refractivity (Wildman–Crippen MR) is 168 cm³/mol. The summed E-state index contributed by atoms with van der Waals surface area (Å²) in [6.45, 7) is 11.2. The summed E-state index contributed by atoms with van der Waals surface area (Å²) in [5, 5.41) is 32.3. The first-order valence-electron chi connectivity index (χ1n) is 14.1. The Bertz CT molecular complexity index is 1770. The van der Waals surface area contributed by atoms with Crippen molar-refractivity contribution in [2.24, 2.45) is 11.3 Å². The predicted octanol–water partition coefficient (Wildman–Crippen LogP) is 5.89. The first-order valence-corrected chi connectivity index (χ1v) is 14.1. The van der Waals surface area contributed by atoms with Crippen LogP contribution in [-0.4, -0.2) is 22.1 Å². The molecule has 0 radical (unpaired) electrons. The van der Waals surface area contributed by atoms with Crippen molar-refractivity contribution in [3.63, 3.8) is 0 Å². The Kier molecular flexibility index (Phi) is 7.64. The Hall–Kier alpha value is -4.86. The number of nitrogens with one attached hydrogen (secondary N) is 4. The molecule has 42 heavy (non-hydrogen) atoms. The van der Waals surface area contributed by atoms with Gasteiger partial charge in [-0.2, -0.15) is 10.5 Å². The molecule has 9 heteroatoms. The number of anilines is 2. The molecule has 1 aliphatic rings. The van der Waals surface area contributed by atoms with Gasteiger partial charge in [-0.3, -0.25) is 15.8 Å². The van der Waals surface area contributed by atoms with E-state index in [9.17, 15) is 10.5 Å². The number of benzene rings is 2. The van der Waals surface area contributed by atoms with E-state index in [-0.39, 0.29) is 11.0 Å². The van der Waals surface area contributed by atoms with E-state index in [1.54, 1.807) is 6.07 Å². The Labute approximate surface area is 246 Å². The molecule has 2 heterocycles. The van der Waals surface area contributed by atoms with Gasteiger partial charge >= 0.3 is 0 Å². The maximum Gasteiger partial charge on any atom is 0.103 e. The number of nitrogens with two attached hydrogens (primary N) is 1. The first-order chi connectivity index (χ1) is 20.0. The molecule has 0 amide bonds. The van der Waals surface area contributed by atoms with E-state index in [0.29, 0.717) is 39.9 Å². The Morgan fingerprint density at radius 3 is 2.52 bits per heavy atom. The van der Waals surface area contributed by atoms with Gasteiger partial charge in [0.1, 0.15) is 12.1 Å². The zero-order valence-electron chi connectivity index (χ0n) is 24.8. The number of aryl methyl sites for hydroxylation is 1. The number of nitriles is 2. The molecule has 5 rings (SSSR count). The monoisotopic (exact) mass is 559 g/mol. The minimum Gasteiger partial charge on any atom is -0.384 e. The second-order valence-electron chi connectivity index (χ2n) is 12.5. The normalized spacial score (nSPS) is 15.0. The number of hydrazine groups is 1. The van der Waals surface area contributed by atoms with E-state index in [2.05, 4.69) is 78.3 Å². The first kappa shape index (κ1) is 28.7. The van der Waals surface area contributed by atoms with Crippen molar-refractivity contribution >= 4 is 33.2 Å². The van der Waals surface area contributed by atoms with Crippen LogP contribution in [0.1, 0.15) is 69.0 Å². The number of nitrogens with zero attached hydrogens (tertiary/aromatic N) is 4. The number of hydrogen-bond acceptors (Lipinski definition) is 9. The van der Waals surface area contributed by atoms with Gasteiger partial charge in [0.15, 0.2) is 0 Å². The van der Waals surface area contributed by atoms with Gasteiger partial charge < -0.3 is 21.4 Å². The highest BCUT2D eigenvalue weighted by Gasteiger charge is 2.36. The highest BCUT2D eigenvalue weighted by Crippen LogP contribution is 2.37. The molecule has 1 fully saturated rings. The third kappa shape index (κ3) is 6.07. The van der Waals surface area contributed by atoms with Gasteiger partial charge in [0, 0.05) is 46.6 Å². The number of rotatable bonds is 9. The topological polar surface area (TPSA) is 148 Å². The molecule has 1 atom stereocenters. The van der Waals surface area contributed by atoms with Crippen LogP contribution in [0.4, 0.5) is 11.4 Å². The molecule has 6 N–H and O–H groups in total. The minimum absolute atomic E-state index is 0.0280. The molecule has 4 aromatic rings. The molecule has 1 saturated carbocycles. The summed E-state index contributed by atoms with van der Waals surface area (Å²) in [6.07, 6.45) is 5.64. The fourth-order valence-electron chi connectivity index (χ4n) is 4.91. The largest absolute Gasteiger partial charge is 0.384 e. The lowest BCUT2D eigenvalue weighted by Crippen LogP contribution is -2.33. The molecule has 0 aliphatic heterocycles. The van der Waals surface area contributed by atoms with Crippen LogP contribution in [0.25, 0.3) is 21.8 Å². The summed E-state index contributed by atoms with van der Waals surface area (Å²) in [5.74, 6) is 6.15. The van der Waals surface area contributed by atoms with Gasteiger partial charge in [-0.1, -0.05) is 39.0 Å². The van der Waals surface area contributed by atoms with E-state index in [1.165, 1.54) is 6.20 Å². The lowest BCUT2D eigenvalue weighted by atomic mass is 9.96. The van der Waals surface area contributed by atoms with E-state index >= 15 is 0 Å². The Balaban J connectivity index is 1.67. The van der Waals surface area contributed by atoms with Gasteiger partial charge in [0.05, 0.1) is 39.6 Å². The second kappa shape index (κ2) is 11.2. The molecule has 2 aromatic heterocycles. The average molecular weight is 560 g/mol. The SMILES string of the molecule is Cc1ccc2c([C@H](Nc3cc(C#N)c4ncc(C#N)c(NCC(C)(C)C)c4c3)/C(=C/NC3(C)CC3)NN)cccc2n1. The van der Waals surface area contributed by atoms with Gasteiger partial charge in [0.2, 0.25) is 0 Å². The van der Waals surface area contributed by atoms with Crippen LogP contribution in [0.15, 0.2) is 60.6 Å². The zero-order valence-corrected chi connectivity index (χ0v) is 24.8. The van der Waals surface area contributed by atoms with Gasteiger partial charge in [-0.25, -0.2) is 0 Å². The fourth-order valence-corrected chi connectivity index (χ4v) is 4.91. The van der Waals surface area contributed by atoms with Crippen molar-refractivity contribution < 1.29 is 0 Å². The molecular weight excluding hydrogens is 522 g/mol. The molecule has 0 unspecified atom stereocenters. The number of pyridine rings is 2. The van der Waals surface area contributed by atoms with Crippen molar-refractivity contribution in [1.29, 1.82) is 10.5 Å². The van der Waals surface area contributed by atoms with E-state index in [1.807, 2.05) is 37.4 Å². The lowest BCUT2D eigenvalue weighted by molar-refractivity contribution is 0.443. The quantitative estimate of drug-likeness (QED) is 0.125. The van der Waals surface area contributed by atoms with Crippen LogP contribution in [0, 0.1) is 35.0 Å².